The number of rotatable bonds is 6. The number of aryl methyl sites for hydroxylation is 1. The van der Waals surface area contributed by atoms with Crippen LogP contribution in [0.1, 0.15) is 18.4 Å². The molecule has 1 atom stereocenters. The molecule has 0 radical (unpaired) electrons. The second-order valence-electron chi connectivity index (χ2n) is 6.80. The molecule has 0 aromatic carbocycles. The first-order valence-electron chi connectivity index (χ1n) is 8.95. The third-order valence-corrected chi connectivity index (χ3v) is 4.86. The van der Waals surface area contributed by atoms with Crippen LogP contribution in [0, 0.1) is 12.8 Å². The second kappa shape index (κ2) is 8.44. The summed E-state index contributed by atoms with van der Waals surface area (Å²) < 4.78 is 5.30. The van der Waals surface area contributed by atoms with Gasteiger partial charge in [-0.25, -0.2) is 4.98 Å². The molecule has 24 heavy (non-hydrogen) atoms. The highest BCUT2D eigenvalue weighted by molar-refractivity contribution is 5.76. The summed E-state index contributed by atoms with van der Waals surface area (Å²) >= 11 is 0. The van der Waals surface area contributed by atoms with Gasteiger partial charge in [-0.2, -0.15) is 0 Å². The van der Waals surface area contributed by atoms with E-state index in [9.17, 15) is 4.79 Å². The monoisotopic (exact) mass is 332 g/mol. The third kappa shape index (κ3) is 4.92. The van der Waals surface area contributed by atoms with Crippen LogP contribution < -0.4 is 5.32 Å². The lowest BCUT2D eigenvalue weighted by atomic mass is 10.1. The number of pyridine rings is 1. The lowest BCUT2D eigenvalue weighted by Gasteiger charge is -2.27. The smallest absolute Gasteiger partial charge is 0.224 e. The number of aromatic nitrogens is 1. The standard InChI is InChI=1S/C18H28N4O2/c1-15-2-3-17(19-12-15)20-13-16-4-6-21(14-16)7-5-18(23)22-8-10-24-11-9-22/h2-3,12,16H,4-11,13-14H2,1H3,(H,19,20)/t16-/m0/s1. The van der Waals surface area contributed by atoms with Crippen LogP contribution in [0.15, 0.2) is 18.3 Å². The predicted molar refractivity (Wildman–Crippen MR) is 94.0 cm³/mol. The largest absolute Gasteiger partial charge is 0.378 e. The highest BCUT2D eigenvalue weighted by Gasteiger charge is 2.24. The van der Waals surface area contributed by atoms with Crippen LogP contribution in [-0.2, 0) is 9.53 Å². The first-order chi connectivity index (χ1) is 11.7. The molecule has 0 spiro atoms. The molecule has 2 aliphatic rings. The number of hydrogen-bond acceptors (Lipinski definition) is 5. The van der Waals surface area contributed by atoms with E-state index in [1.807, 2.05) is 24.1 Å². The van der Waals surface area contributed by atoms with Gasteiger partial charge in [0.05, 0.1) is 13.2 Å². The van der Waals surface area contributed by atoms with Gasteiger partial charge >= 0.3 is 0 Å². The number of likely N-dealkylation sites (tertiary alicyclic amines) is 1. The Labute approximate surface area is 144 Å². The van der Waals surface area contributed by atoms with Gasteiger partial charge in [0.2, 0.25) is 5.91 Å². The van der Waals surface area contributed by atoms with Gasteiger partial charge in [-0.1, -0.05) is 6.07 Å². The van der Waals surface area contributed by atoms with Crippen molar-refractivity contribution in [2.75, 3.05) is 57.8 Å². The Bertz CT molecular complexity index is 528. The molecule has 2 aliphatic heterocycles. The predicted octanol–water partition coefficient (Wildman–Crippen LogP) is 1.37. The van der Waals surface area contributed by atoms with Gasteiger partial charge in [0.15, 0.2) is 0 Å². The minimum atomic E-state index is 0.267. The van der Waals surface area contributed by atoms with E-state index >= 15 is 0 Å². The van der Waals surface area contributed by atoms with Gasteiger partial charge in [-0.3, -0.25) is 4.79 Å². The summed E-state index contributed by atoms with van der Waals surface area (Å²) in [6, 6.07) is 4.11. The summed E-state index contributed by atoms with van der Waals surface area (Å²) in [4.78, 5) is 20.9. The zero-order valence-corrected chi connectivity index (χ0v) is 14.5. The van der Waals surface area contributed by atoms with Crippen LogP contribution in [0.5, 0.6) is 0 Å². The molecule has 0 unspecified atom stereocenters. The van der Waals surface area contributed by atoms with Crippen LogP contribution in [0.3, 0.4) is 0 Å². The van der Waals surface area contributed by atoms with Crippen molar-refractivity contribution in [2.45, 2.75) is 19.8 Å². The van der Waals surface area contributed by atoms with E-state index < -0.39 is 0 Å². The highest BCUT2D eigenvalue weighted by atomic mass is 16.5. The molecule has 1 amide bonds. The fourth-order valence-corrected chi connectivity index (χ4v) is 3.33. The lowest BCUT2D eigenvalue weighted by molar-refractivity contribution is -0.135. The van der Waals surface area contributed by atoms with Crippen LogP contribution in [0.2, 0.25) is 0 Å². The first-order valence-corrected chi connectivity index (χ1v) is 8.95. The molecule has 2 saturated heterocycles. The van der Waals surface area contributed by atoms with Gasteiger partial charge in [-0.15, -0.1) is 0 Å². The van der Waals surface area contributed by atoms with E-state index in [0.29, 0.717) is 25.6 Å². The van der Waals surface area contributed by atoms with Gasteiger partial charge < -0.3 is 19.9 Å². The molecular weight excluding hydrogens is 304 g/mol. The number of amides is 1. The average molecular weight is 332 g/mol. The van der Waals surface area contributed by atoms with Crippen molar-refractivity contribution in [1.82, 2.24) is 14.8 Å². The third-order valence-electron chi connectivity index (χ3n) is 4.86. The number of hydrogen-bond donors (Lipinski definition) is 1. The van der Waals surface area contributed by atoms with Crippen molar-refractivity contribution in [3.05, 3.63) is 23.9 Å². The molecule has 0 saturated carbocycles. The number of carbonyl (C=O) groups is 1. The molecule has 1 N–H and O–H groups in total. The normalized spacial score (nSPS) is 21.9. The number of morpholine rings is 1. The molecule has 0 aliphatic carbocycles. The van der Waals surface area contributed by atoms with E-state index in [0.717, 1.165) is 45.1 Å². The van der Waals surface area contributed by atoms with E-state index in [2.05, 4.69) is 21.3 Å². The minimum Gasteiger partial charge on any atom is -0.378 e. The van der Waals surface area contributed by atoms with Crippen molar-refractivity contribution in [1.29, 1.82) is 0 Å². The van der Waals surface area contributed by atoms with E-state index in [4.69, 9.17) is 4.74 Å². The number of nitrogens with zero attached hydrogens (tertiary/aromatic N) is 3. The molecule has 1 aromatic heterocycles. The van der Waals surface area contributed by atoms with E-state index in [-0.39, 0.29) is 5.91 Å². The van der Waals surface area contributed by atoms with Crippen LogP contribution in [0.4, 0.5) is 5.82 Å². The molecule has 6 heteroatoms. The van der Waals surface area contributed by atoms with Gasteiger partial charge in [0, 0.05) is 45.3 Å². The summed E-state index contributed by atoms with van der Waals surface area (Å²) in [5.74, 6) is 1.84. The summed E-state index contributed by atoms with van der Waals surface area (Å²) in [6.45, 7) is 8.86. The Morgan fingerprint density at radius 3 is 2.92 bits per heavy atom. The van der Waals surface area contributed by atoms with Gasteiger partial charge in [-0.05, 0) is 37.4 Å². The molecule has 2 fully saturated rings. The van der Waals surface area contributed by atoms with Crippen LogP contribution >= 0.6 is 0 Å². The van der Waals surface area contributed by atoms with E-state index in [1.54, 1.807) is 0 Å². The minimum absolute atomic E-state index is 0.267. The number of nitrogens with one attached hydrogen (secondary N) is 1. The lowest BCUT2D eigenvalue weighted by Crippen LogP contribution is -2.41. The Morgan fingerprint density at radius 1 is 1.33 bits per heavy atom. The molecule has 0 bridgehead atoms. The maximum absolute atomic E-state index is 12.2. The molecular formula is C18H28N4O2. The molecule has 1 aromatic rings. The Hall–Kier alpha value is -1.66. The first kappa shape index (κ1) is 17.2. The number of carbonyl (C=O) groups excluding carboxylic acids is 1. The topological polar surface area (TPSA) is 57.7 Å². The molecule has 3 heterocycles. The zero-order valence-electron chi connectivity index (χ0n) is 14.5. The van der Waals surface area contributed by atoms with Crippen molar-refractivity contribution in [2.24, 2.45) is 5.92 Å². The van der Waals surface area contributed by atoms with Crippen molar-refractivity contribution in [3.8, 4) is 0 Å². The number of anilines is 1. The van der Waals surface area contributed by atoms with Gasteiger partial charge in [0.1, 0.15) is 5.82 Å². The summed E-state index contributed by atoms with van der Waals surface area (Å²) in [7, 11) is 0. The SMILES string of the molecule is Cc1ccc(NC[C@@H]2CCN(CCC(=O)N3CCOCC3)C2)nc1. The quantitative estimate of drug-likeness (QED) is 0.853. The molecule has 132 valence electrons. The van der Waals surface area contributed by atoms with Crippen molar-refractivity contribution < 1.29 is 9.53 Å². The molecule has 6 nitrogen and oxygen atoms in total. The maximum atomic E-state index is 12.2. The van der Waals surface area contributed by atoms with Crippen LogP contribution in [0.25, 0.3) is 0 Å². The maximum Gasteiger partial charge on any atom is 0.224 e. The van der Waals surface area contributed by atoms with Gasteiger partial charge in [0.25, 0.3) is 0 Å². The second-order valence-corrected chi connectivity index (χ2v) is 6.80. The fraction of sp³-hybridized carbons (Fsp3) is 0.667. The summed E-state index contributed by atoms with van der Waals surface area (Å²) in [6.07, 6.45) is 3.70. The van der Waals surface area contributed by atoms with Crippen molar-refractivity contribution in [3.63, 3.8) is 0 Å². The average Bonchev–Trinajstić information content (AvgIpc) is 3.08. The number of ether oxygens (including phenoxy) is 1. The summed E-state index contributed by atoms with van der Waals surface area (Å²) in [5, 5.41) is 3.42. The Kier molecular flexibility index (Phi) is 6.04. The fourth-order valence-electron chi connectivity index (χ4n) is 3.33. The van der Waals surface area contributed by atoms with Crippen LogP contribution in [-0.4, -0.2) is 73.2 Å². The molecule has 3 rings (SSSR count). The highest BCUT2D eigenvalue weighted by Crippen LogP contribution is 2.17. The zero-order chi connectivity index (χ0) is 16.8. The summed E-state index contributed by atoms with van der Waals surface area (Å²) in [5.41, 5.74) is 1.18. The van der Waals surface area contributed by atoms with E-state index in [1.165, 1.54) is 12.0 Å². The Morgan fingerprint density at radius 2 is 2.17 bits per heavy atom. The van der Waals surface area contributed by atoms with Crippen molar-refractivity contribution >= 4 is 11.7 Å². The Balaban J connectivity index is 1.34.